The number of aryl methyl sites for hydroxylation is 1. The number of amides is 2. The molecule has 3 aromatic rings. The molecule has 0 fully saturated rings. The third-order valence-corrected chi connectivity index (χ3v) is 8.26. The van der Waals surface area contributed by atoms with Crippen LogP contribution < -0.4 is 19.1 Å². The number of likely N-dealkylation sites (N-methyl/N-ethyl adjacent to an activating group) is 1. The fraction of sp³-hybridized carbons (Fsp3) is 0.333. The van der Waals surface area contributed by atoms with Crippen LogP contribution in [0.5, 0.6) is 11.5 Å². The number of nitrogens with zero attached hydrogens (tertiary/aromatic N) is 2. The van der Waals surface area contributed by atoms with Crippen molar-refractivity contribution in [3.63, 3.8) is 0 Å². The number of hydrogen-bond acceptors (Lipinski definition) is 6. The number of carbonyl (C=O) groups excluding carboxylic acids is 2. The van der Waals surface area contributed by atoms with Gasteiger partial charge in [-0.25, -0.2) is 8.42 Å². The third-order valence-electron chi connectivity index (χ3n) is 6.47. The second-order valence-corrected chi connectivity index (χ2v) is 11.0. The van der Waals surface area contributed by atoms with Gasteiger partial charge in [-0.15, -0.1) is 0 Å². The van der Waals surface area contributed by atoms with E-state index in [1.165, 1.54) is 24.1 Å². The Labute approximate surface area is 236 Å². The molecule has 0 saturated carbocycles. The molecule has 1 N–H and O–H groups in total. The SMILES string of the molecule is CCOc1ccc(N(CC(=O)N(Cc2ccc(OC)cc2)C(CC)C(=O)NC)S(=O)(=O)c2ccc(C)cc2)cc1. The molecule has 0 heterocycles. The fourth-order valence-electron chi connectivity index (χ4n) is 4.26. The maximum absolute atomic E-state index is 14.0. The van der Waals surface area contributed by atoms with Gasteiger partial charge in [0.05, 0.1) is 24.3 Å². The van der Waals surface area contributed by atoms with Crippen molar-refractivity contribution in [1.29, 1.82) is 0 Å². The van der Waals surface area contributed by atoms with Gasteiger partial charge in [0.1, 0.15) is 24.1 Å². The molecule has 0 bridgehead atoms. The van der Waals surface area contributed by atoms with E-state index in [-0.39, 0.29) is 17.3 Å². The average Bonchev–Trinajstić information content (AvgIpc) is 2.96. The number of hydrogen-bond donors (Lipinski definition) is 1. The molecule has 2 amide bonds. The minimum Gasteiger partial charge on any atom is -0.497 e. The summed E-state index contributed by atoms with van der Waals surface area (Å²) in [5, 5.41) is 2.62. The van der Waals surface area contributed by atoms with E-state index in [0.717, 1.165) is 15.4 Å². The molecule has 3 aromatic carbocycles. The van der Waals surface area contributed by atoms with Crippen molar-refractivity contribution in [2.45, 2.75) is 44.7 Å². The van der Waals surface area contributed by atoms with Crippen molar-refractivity contribution in [2.24, 2.45) is 0 Å². The van der Waals surface area contributed by atoms with Gasteiger partial charge < -0.3 is 19.7 Å². The van der Waals surface area contributed by atoms with Gasteiger partial charge in [-0.3, -0.25) is 13.9 Å². The first-order valence-electron chi connectivity index (χ1n) is 13.1. The zero-order valence-electron chi connectivity index (χ0n) is 23.6. The summed E-state index contributed by atoms with van der Waals surface area (Å²) in [6.07, 6.45) is 0.343. The quantitative estimate of drug-likeness (QED) is 0.333. The number of sulfonamides is 1. The fourth-order valence-corrected chi connectivity index (χ4v) is 5.67. The second kappa shape index (κ2) is 13.8. The molecule has 214 valence electrons. The van der Waals surface area contributed by atoms with Crippen molar-refractivity contribution >= 4 is 27.5 Å². The summed E-state index contributed by atoms with van der Waals surface area (Å²) >= 11 is 0. The molecule has 3 rings (SSSR count). The van der Waals surface area contributed by atoms with Crippen LogP contribution in [0.1, 0.15) is 31.4 Å². The van der Waals surface area contributed by atoms with Crippen molar-refractivity contribution < 1.29 is 27.5 Å². The Hall–Kier alpha value is -4.05. The molecular weight excluding hydrogens is 530 g/mol. The third kappa shape index (κ3) is 7.32. The van der Waals surface area contributed by atoms with E-state index in [0.29, 0.717) is 30.2 Å². The molecular formula is C30H37N3O6S. The zero-order chi connectivity index (χ0) is 29.3. The van der Waals surface area contributed by atoms with Gasteiger partial charge in [-0.2, -0.15) is 0 Å². The van der Waals surface area contributed by atoms with E-state index in [9.17, 15) is 18.0 Å². The smallest absolute Gasteiger partial charge is 0.264 e. The molecule has 10 heteroatoms. The molecule has 0 aromatic heterocycles. The molecule has 0 aliphatic heterocycles. The van der Waals surface area contributed by atoms with Crippen molar-refractivity contribution in [3.8, 4) is 11.5 Å². The van der Waals surface area contributed by atoms with Crippen LogP contribution in [0.3, 0.4) is 0 Å². The van der Waals surface area contributed by atoms with Crippen molar-refractivity contribution in [1.82, 2.24) is 10.2 Å². The molecule has 9 nitrogen and oxygen atoms in total. The largest absolute Gasteiger partial charge is 0.497 e. The summed E-state index contributed by atoms with van der Waals surface area (Å²) in [5.74, 6) is 0.386. The molecule has 0 saturated heterocycles. The number of benzene rings is 3. The Balaban J connectivity index is 2.04. The number of methoxy groups -OCH3 is 1. The second-order valence-electron chi connectivity index (χ2n) is 9.16. The van der Waals surface area contributed by atoms with Crippen LogP contribution in [0.2, 0.25) is 0 Å². The minimum absolute atomic E-state index is 0.0554. The highest BCUT2D eigenvalue weighted by molar-refractivity contribution is 7.92. The lowest BCUT2D eigenvalue weighted by atomic mass is 10.1. The van der Waals surface area contributed by atoms with Crippen molar-refractivity contribution in [3.05, 3.63) is 83.9 Å². The van der Waals surface area contributed by atoms with E-state index in [1.54, 1.807) is 55.6 Å². The van der Waals surface area contributed by atoms with E-state index >= 15 is 0 Å². The predicted molar refractivity (Wildman–Crippen MR) is 155 cm³/mol. The van der Waals surface area contributed by atoms with Crippen molar-refractivity contribution in [2.75, 3.05) is 31.6 Å². The van der Waals surface area contributed by atoms with Crippen LogP contribution in [-0.2, 0) is 26.2 Å². The van der Waals surface area contributed by atoms with Gasteiger partial charge in [0, 0.05) is 13.6 Å². The topological polar surface area (TPSA) is 105 Å². The summed E-state index contributed by atoms with van der Waals surface area (Å²) < 4.78 is 39.6. The highest BCUT2D eigenvalue weighted by atomic mass is 32.2. The molecule has 0 aliphatic rings. The summed E-state index contributed by atoms with van der Waals surface area (Å²) in [4.78, 5) is 28.3. The number of ether oxygens (including phenoxy) is 2. The molecule has 1 unspecified atom stereocenters. The highest BCUT2D eigenvalue weighted by Gasteiger charge is 2.33. The van der Waals surface area contributed by atoms with Crippen LogP contribution >= 0.6 is 0 Å². The summed E-state index contributed by atoms with van der Waals surface area (Å²) in [6.45, 7) is 5.59. The Bertz CT molecular complexity index is 1370. The maximum atomic E-state index is 14.0. The standard InChI is InChI=1S/C30H37N3O6S/c1-6-28(30(35)31-4)32(20-23-10-14-25(38-5)15-11-23)29(34)21-33(24-12-16-26(17-13-24)39-7-2)40(36,37)27-18-8-22(3)9-19-27/h8-19,28H,6-7,20-21H2,1-5H3,(H,31,35). The Morgan fingerprint density at radius 2 is 1.50 bits per heavy atom. The highest BCUT2D eigenvalue weighted by Crippen LogP contribution is 2.27. The van der Waals surface area contributed by atoms with Gasteiger partial charge in [-0.05, 0) is 74.4 Å². The summed E-state index contributed by atoms with van der Waals surface area (Å²) in [5.41, 5.74) is 1.98. The molecule has 40 heavy (non-hydrogen) atoms. The van der Waals surface area contributed by atoms with Gasteiger partial charge >= 0.3 is 0 Å². The van der Waals surface area contributed by atoms with E-state index in [4.69, 9.17) is 9.47 Å². The van der Waals surface area contributed by atoms with E-state index < -0.39 is 28.5 Å². The number of rotatable bonds is 13. The minimum atomic E-state index is -4.14. The van der Waals surface area contributed by atoms with Gasteiger partial charge in [0.25, 0.3) is 10.0 Å². The maximum Gasteiger partial charge on any atom is 0.264 e. The molecule has 1 atom stereocenters. The first kappa shape index (κ1) is 30.5. The lowest BCUT2D eigenvalue weighted by Gasteiger charge is -2.33. The van der Waals surface area contributed by atoms with Crippen LogP contribution in [0, 0.1) is 6.92 Å². The van der Waals surface area contributed by atoms with Crippen LogP contribution in [0.4, 0.5) is 5.69 Å². The number of carbonyl (C=O) groups is 2. The van der Waals surface area contributed by atoms with Crippen LogP contribution in [0.25, 0.3) is 0 Å². The van der Waals surface area contributed by atoms with E-state index in [1.807, 2.05) is 32.9 Å². The van der Waals surface area contributed by atoms with E-state index in [2.05, 4.69) is 5.32 Å². The van der Waals surface area contributed by atoms with Gasteiger partial charge in [0.2, 0.25) is 11.8 Å². The molecule has 0 aliphatic carbocycles. The number of nitrogens with one attached hydrogen (secondary N) is 1. The predicted octanol–water partition coefficient (Wildman–Crippen LogP) is 4.15. The lowest BCUT2D eigenvalue weighted by Crippen LogP contribution is -2.51. The first-order valence-corrected chi connectivity index (χ1v) is 14.5. The van der Waals surface area contributed by atoms with Gasteiger partial charge in [0.15, 0.2) is 0 Å². The normalized spacial score (nSPS) is 11.8. The summed E-state index contributed by atoms with van der Waals surface area (Å²) in [7, 11) is -1.06. The molecule has 0 radical (unpaired) electrons. The summed E-state index contributed by atoms with van der Waals surface area (Å²) in [6, 6.07) is 19.3. The first-order chi connectivity index (χ1) is 19.1. The van der Waals surface area contributed by atoms with Crippen LogP contribution in [0.15, 0.2) is 77.7 Å². The molecule has 0 spiro atoms. The average molecular weight is 568 g/mol. The Kier molecular flexibility index (Phi) is 10.6. The lowest BCUT2D eigenvalue weighted by molar-refractivity contribution is -0.140. The Morgan fingerprint density at radius 3 is 2.02 bits per heavy atom. The zero-order valence-corrected chi connectivity index (χ0v) is 24.4. The number of anilines is 1. The van der Waals surface area contributed by atoms with Crippen LogP contribution in [-0.4, -0.2) is 58.5 Å². The van der Waals surface area contributed by atoms with Gasteiger partial charge in [-0.1, -0.05) is 36.8 Å². The Morgan fingerprint density at radius 1 is 0.900 bits per heavy atom. The monoisotopic (exact) mass is 567 g/mol.